The smallest absolute Gasteiger partial charge is 0.354 e. The molecule has 5 rings (SSSR count). The zero-order valence-electron chi connectivity index (χ0n) is 17.5. The summed E-state index contributed by atoms with van der Waals surface area (Å²) in [5, 5.41) is 12.9. The van der Waals surface area contributed by atoms with E-state index in [9.17, 15) is 13.4 Å². The van der Waals surface area contributed by atoms with Gasteiger partial charge in [-0.1, -0.05) is 0 Å². The highest BCUT2D eigenvalue weighted by Gasteiger charge is 2.32. The van der Waals surface area contributed by atoms with E-state index in [0.717, 1.165) is 17.5 Å². The van der Waals surface area contributed by atoms with E-state index in [4.69, 9.17) is 9.88 Å². The van der Waals surface area contributed by atoms with E-state index >= 15 is 0 Å². The number of hydrogen-bond acceptors (Lipinski definition) is 5. The fourth-order valence-corrected chi connectivity index (χ4v) is 5.55. The van der Waals surface area contributed by atoms with Crippen molar-refractivity contribution in [3.8, 4) is 5.88 Å². The zero-order valence-corrected chi connectivity index (χ0v) is 18.3. The van der Waals surface area contributed by atoms with Crippen molar-refractivity contribution in [2.75, 3.05) is 26.0 Å². The minimum Gasteiger partial charge on any atom is -0.475 e. The Kier molecular flexibility index (Phi) is 4.79. The lowest BCUT2D eigenvalue weighted by Gasteiger charge is -2.29. The third-order valence-electron chi connectivity index (χ3n) is 6.39. The molecule has 0 saturated carbocycles. The molecular formula is C20H25FN6O3S. The molecule has 11 heteroatoms. The fraction of sp³-hybridized carbons (Fsp3) is 0.500. The van der Waals surface area contributed by atoms with E-state index in [2.05, 4.69) is 14.8 Å². The van der Waals surface area contributed by atoms with Gasteiger partial charge < -0.3 is 15.0 Å². The maximum absolute atomic E-state index is 14.6. The number of carbonyl (C=O) groups is 1. The van der Waals surface area contributed by atoms with E-state index in [1.807, 2.05) is 19.0 Å². The number of amides is 2. The van der Waals surface area contributed by atoms with Crippen LogP contribution in [0.1, 0.15) is 28.7 Å². The molecule has 3 aliphatic rings. The number of rotatable bonds is 3. The molecule has 2 heterocycles. The van der Waals surface area contributed by atoms with Crippen LogP contribution in [0.4, 0.5) is 14.9 Å². The highest BCUT2D eigenvalue weighted by molar-refractivity contribution is 7.91. The maximum Gasteiger partial charge on any atom is 0.354 e. The molecule has 3 N–H and O–H groups in total. The van der Waals surface area contributed by atoms with Crippen LogP contribution < -0.4 is 15.2 Å². The van der Waals surface area contributed by atoms with E-state index < -0.39 is 15.9 Å². The van der Waals surface area contributed by atoms with Gasteiger partial charge in [0.1, 0.15) is 17.3 Å². The molecule has 2 amide bonds. The highest BCUT2D eigenvalue weighted by Crippen LogP contribution is 2.42. The first kappa shape index (κ1) is 20.4. The van der Waals surface area contributed by atoms with Gasteiger partial charge in [-0.2, -0.15) is 5.10 Å². The molecule has 1 aromatic heterocycles. The zero-order chi connectivity index (χ0) is 21.9. The Labute approximate surface area is 180 Å². The standard InChI is InChI=1S/C20H25FN6O3S/c1-26(2)11-9-27-19(30-10-11)16(8-23-27)31(22,29)25-20(28)24-18-14-5-3-4-12(14)17(21)13-6-7-15(13)18/h8,11H,3-7,9-10H2,1-2H3,(H3,22,24,25,28,29). The topological polar surface area (TPSA) is 115 Å². The van der Waals surface area contributed by atoms with Gasteiger partial charge in [0.2, 0.25) is 5.88 Å². The van der Waals surface area contributed by atoms with Gasteiger partial charge in [0, 0.05) is 5.69 Å². The van der Waals surface area contributed by atoms with Gasteiger partial charge in [0.05, 0.1) is 18.8 Å². The summed E-state index contributed by atoms with van der Waals surface area (Å²) in [7, 11) is 0.305. The van der Waals surface area contributed by atoms with Crippen molar-refractivity contribution in [2.45, 2.75) is 49.6 Å². The fourth-order valence-electron chi connectivity index (χ4n) is 4.55. The van der Waals surface area contributed by atoms with Gasteiger partial charge in [0.15, 0.2) is 9.92 Å². The lowest BCUT2D eigenvalue weighted by molar-refractivity contribution is 0.117. The molecule has 166 valence electrons. The van der Waals surface area contributed by atoms with Gasteiger partial charge >= 0.3 is 6.03 Å². The largest absolute Gasteiger partial charge is 0.475 e. The number of nitrogens with zero attached hydrogens (tertiary/aromatic N) is 4. The van der Waals surface area contributed by atoms with Crippen molar-refractivity contribution < 1.29 is 18.1 Å². The van der Waals surface area contributed by atoms with Crippen LogP contribution in [0.3, 0.4) is 0 Å². The van der Waals surface area contributed by atoms with E-state index in [-0.39, 0.29) is 22.6 Å². The van der Waals surface area contributed by atoms with Crippen LogP contribution in [-0.2, 0) is 42.1 Å². The molecule has 2 aromatic rings. The molecule has 0 bridgehead atoms. The molecule has 9 nitrogen and oxygen atoms in total. The Morgan fingerprint density at radius 2 is 1.97 bits per heavy atom. The number of urea groups is 1. The summed E-state index contributed by atoms with van der Waals surface area (Å²) in [5.41, 5.74) is 3.59. The maximum atomic E-state index is 14.6. The van der Waals surface area contributed by atoms with Crippen molar-refractivity contribution in [3.63, 3.8) is 0 Å². The van der Waals surface area contributed by atoms with Crippen LogP contribution in [0.5, 0.6) is 5.88 Å². The van der Waals surface area contributed by atoms with Gasteiger partial charge in [-0.15, -0.1) is 4.36 Å². The first-order chi connectivity index (χ1) is 14.8. The monoisotopic (exact) mass is 448 g/mol. The molecule has 31 heavy (non-hydrogen) atoms. The Bertz CT molecular complexity index is 1210. The van der Waals surface area contributed by atoms with Crippen LogP contribution >= 0.6 is 0 Å². The molecule has 2 aliphatic carbocycles. The SMILES string of the molecule is CN(C)C1COc2c(S(N)(=O)=NC(=O)Nc3c4c(c(F)c5c3CC5)CCC4)cnn2C1. The van der Waals surface area contributed by atoms with Gasteiger partial charge in [-0.05, 0) is 68.5 Å². The first-order valence-electron chi connectivity index (χ1n) is 10.3. The Morgan fingerprint density at radius 3 is 2.68 bits per heavy atom. The van der Waals surface area contributed by atoms with Gasteiger partial charge in [-0.3, -0.25) is 0 Å². The number of benzene rings is 1. The summed E-state index contributed by atoms with van der Waals surface area (Å²) in [6.45, 7) is 0.944. The molecule has 2 unspecified atom stereocenters. The number of ether oxygens (including phenoxy) is 1. The van der Waals surface area contributed by atoms with Crippen LogP contribution in [0.2, 0.25) is 0 Å². The average molecular weight is 449 g/mol. The van der Waals surface area contributed by atoms with Crippen molar-refractivity contribution in [1.82, 2.24) is 14.7 Å². The minimum absolute atomic E-state index is 0.0946. The molecule has 0 saturated heterocycles. The van der Waals surface area contributed by atoms with Crippen LogP contribution in [0.25, 0.3) is 0 Å². The molecule has 0 radical (unpaired) electrons. The summed E-state index contributed by atoms with van der Waals surface area (Å²) in [5.74, 6) is 0.139. The third kappa shape index (κ3) is 3.31. The van der Waals surface area contributed by atoms with E-state index in [0.29, 0.717) is 55.6 Å². The molecule has 1 aromatic carbocycles. The van der Waals surface area contributed by atoms with Crippen LogP contribution in [0, 0.1) is 5.82 Å². The van der Waals surface area contributed by atoms with Crippen LogP contribution in [-0.4, -0.2) is 51.7 Å². The number of likely N-dealkylation sites (N-methyl/N-ethyl adjacent to an activating group) is 1. The second-order valence-corrected chi connectivity index (χ2v) is 10.2. The normalized spacial score (nSPS) is 20.7. The number of fused-ring (bicyclic) bond motifs is 3. The summed E-state index contributed by atoms with van der Waals surface area (Å²) in [6, 6.07) is -0.697. The minimum atomic E-state index is -3.58. The number of halogens is 1. The van der Waals surface area contributed by atoms with Crippen molar-refractivity contribution in [2.24, 2.45) is 9.50 Å². The van der Waals surface area contributed by atoms with Gasteiger partial charge in [-0.25, -0.2) is 23.2 Å². The Balaban J connectivity index is 1.44. The number of hydrogen-bond donors (Lipinski definition) is 2. The third-order valence-corrected chi connectivity index (χ3v) is 7.74. The molecule has 1 aliphatic heterocycles. The van der Waals surface area contributed by atoms with E-state index in [1.165, 1.54) is 6.20 Å². The molecule has 0 spiro atoms. The number of anilines is 1. The number of aromatic nitrogens is 2. The quantitative estimate of drug-likeness (QED) is 0.744. The van der Waals surface area contributed by atoms with Crippen LogP contribution in [0.15, 0.2) is 15.5 Å². The lowest BCUT2D eigenvalue weighted by atomic mass is 9.83. The van der Waals surface area contributed by atoms with Crippen molar-refractivity contribution >= 4 is 21.6 Å². The number of carbonyl (C=O) groups excluding carboxylic acids is 1. The molecule has 0 fully saturated rings. The van der Waals surface area contributed by atoms with Crippen molar-refractivity contribution in [3.05, 3.63) is 34.3 Å². The lowest BCUT2D eigenvalue weighted by Crippen LogP contribution is -2.41. The highest BCUT2D eigenvalue weighted by atomic mass is 32.2. The summed E-state index contributed by atoms with van der Waals surface area (Å²) in [4.78, 5) is 14.8. The summed E-state index contributed by atoms with van der Waals surface area (Å²) in [6.07, 6.45) is 4.91. The average Bonchev–Trinajstić information content (AvgIpc) is 3.32. The number of nitrogens with two attached hydrogens (primary N) is 1. The molecule has 2 atom stereocenters. The predicted molar refractivity (Wildman–Crippen MR) is 113 cm³/mol. The predicted octanol–water partition coefficient (Wildman–Crippen LogP) is 1.86. The van der Waals surface area contributed by atoms with Gasteiger partial charge in [0.25, 0.3) is 0 Å². The second kappa shape index (κ2) is 7.28. The Morgan fingerprint density at radius 1 is 1.29 bits per heavy atom. The summed E-state index contributed by atoms with van der Waals surface area (Å²) >= 11 is 0. The van der Waals surface area contributed by atoms with Crippen molar-refractivity contribution in [1.29, 1.82) is 0 Å². The van der Waals surface area contributed by atoms with E-state index in [1.54, 1.807) is 4.68 Å². The Hall–Kier alpha value is -2.50. The molecular weight excluding hydrogens is 423 g/mol. The summed E-state index contributed by atoms with van der Waals surface area (Å²) < 4.78 is 38.8. The number of nitrogens with one attached hydrogen (secondary N) is 1. The first-order valence-corrected chi connectivity index (χ1v) is 11.9. The second-order valence-electron chi connectivity index (χ2n) is 8.47.